The molecular weight excluding hydrogens is 406 g/mol. The highest BCUT2D eigenvalue weighted by Gasteiger charge is 2.20. The lowest BCUT2D eigenvalue weighted by atomic mass is 10.2. The summed E-state index contributed by atoms with van der Waals surface area (Å²) in [7, 11) is 1.65. The van der Waals surface area contributed by atoms with Gasteiger partial charge in [-0.15, -0.1) is 0 Å². The second-order valence-corrected chi connectivity index (χ2v) is 6.85. The van der Waals surface area contributed by atoms with E-state index in [1.165, 1.54) is 11.8 Å². The molecule has 0 saturated heterocycles. The number of oxime groups is 1. The molecule has 0 N–H and O–H groups in total. The third-order valence-corrected chi connectivity index (χ3v) is 4.58. The van der Waals surface area contributed by atoms with Crippen molar-refractivity contribution in [2.45, 2.75) is 26.9 Å². The van der Waals surface area contributed by atoms with Crippen LogP contribution in [0.25, 0.3) is 11.0 Å². The molecule has 0 aliphatic heterocycles. The van der Waals surface area contributed by atoms with E-state index in [1.54, 1.807) is 31.3 Å². The van der Waals surface area contributed by atoms with E-state index >= 15 is 0 Å². The summed E-state index contributed by atoms with van der Waals surface area (Å²) >= 11 is 0. The number of carbonyl (C=O) groups is 1. The average Bonchev–Trinajstić information content (AvgIpc) is 3.15. The zero-order valence-electron chi connectivity index (χ0n) is 17.6. The van der Waals surface area contributed by atoms with Crippen LogP contribution < -0.4 is 4.74 Å². The fourth-order valence-corrected chi connectivity index (χ4v) is 3.05. The summed E-state index contributed by atoms with van der Waals surface area (Å²) in [6.07, 6.45) is 0. The number of nitrogens with zero attached hydrogens (tertiary/aromatic N) is 4. The van der Waals surface area contributed by atoms with Crippen LogP contribution in [0.1, 0.15) is 31.8 Å². The number of amides is 1. The fraction of sp³-hybridized carbons (Fsp3) is 0.318. The normalized spacial score (nSPS) is 11.7. The Bertz CT molecular complexity index is 1060. The third-order valence-electron chi connectivity index (χ3n) is 4.58. The van der Waals surface area contributed by atoms with Gasteiger partial charge in [-0.2, -0.15) is 8.78 Å². The molecule has 0 unspecified atom stereocenters. The van der Waals surface area contributed by atoms with Crippen LogP contribution in [0.4, 0.5) is 8.78 Å². The van der Waals surface area contributed by atoms with Crippen molar-refractivity contribution < 1.29 is 23.1 Å². The number of rotatable bonds is 9. The largest absolute Gasteiger partial charge is 0.494 e. The standard InChI is InChI=1S/C22H24F2N4O3/c1-4-30-17-11-9-16(10-12-17)13-27(3)20(29)14-31-26-15(2)21-25-18-7-5-6-8-19(18)28(21)22(23)24/h5-12,22H,4,13-14H2,1-3H3/b26-15-. The first-order valence-corrected chi connectivity index (χ1v) is 9.78. The number of hydrogen-bond acceptors (Lipinski definition) is 5. The fourth-order valence-electron chi connectivity index (χ4n) is 3.05. The Labute approximate surface area is 178 Å². The Balaban J connectivity index is 1.61. The molecule has 164 valence electrons. The molecule has 3 aromatic rings. The van der Waals surface area contributed by atoms with Gasteiger partial charge < -0.3 is 14.5 Å². The maximum Gasteiger partial charge on any atom is 0.320 e. The Morgan fingerprint density at radius 3 is 2.58 bits per heavy atom. The van der Waals surface area contributed by atoms with Crippen LogP contribution in [0.3, 0.4) is 0 Å². The van der Waals surface area contributed by atoms with Crippen molar-refractivity contribution in [1.29, 1.82) is 0 Å². The SMILES string of the molecule is CCOc1ccc(CN(C)C(=O)CO/N=C(/C)c2nc3ccccc3n2C(F)F)cc1. The molecule has 1 amide bonds. The molecule has 1 heterocycles. The van der Waals surface area contributed by atoms with Gasteiger partial charge in [-0.1, -0.05) is 29.4 Å². The maximum atomic E-state index is 13.5. The van der Waals surface area contributed by atoms with Gasteiger partial charge in [0.05, 0.1) is 17.6 Å². The number of alkyl halides is 2. The first-order chi connectivity index (χ1) is 14.9. The second-order valence-electron chi connectivity index (χ2n) is 6.85. The number of halogens is 2. The van der Waals surface area contributed by atoms with Crippen LogP contribution in [0, 0.1) is 0 Å². The number of likely N-dealkylation sites (N-methyl/N-ethyl adjacent to an activating group) is 1. The van der Waals surface area contributed by atoms with Gasteiger partial charge in [-0.3, -0.25) is 9.36 Å². The molecule has 0 aliphatic carbocycles. The Kier molecular flexibility index (Phi) is 7.17. The van der Waals surface area contributed by atoms with Crippen LogP contribution in [-0.4, -0.2) is 46.3 Å². The summed E-state index contributed by atoms with van der Waals surface area (Å²) < 4.78 is 33.3. The third kappa shape index (κ3) is 5.36. The predicted octanol–water partition coefficient (Wildman–Crippen LogP) is 4.23. The van der Waals surface area contributed by atoms with Gasteiger partial charge in [-0.25, -0.2) is 4.98 Å². The molecule has 31 heavy (non-hydrogen) atoms. The van der Waals surface area contributed by atoms with Crippen molar-refractivity contribution in [2.75, 3.05) is 20.3 Å². The van der Waals surface area contributed by atoms with Gasteiger partial charge in [0.1, 0.15) is 11.5 Å². The zero-order valence-corrected chi connectivity index (χ0v) is 17.6. The Morgan fingerprint density at radius 2 is 1.90 bits per heavy atom. The number of fused-ring (bicyclic) bond motifs is 1. The maximum absolute atomic E-state index is 13.5. The van der Waals surface area contributed by atoms with Crippen LogP contribution in [0.5, 0.6) is 5.75 Å². The van der Waals surface area contributed by atoms with E-state index in [9.17, 15) is 13.6 Å². The number of ether oxygens (including phenoxy) is 1. The Morgan fingerprint density at radius 1 is 1.19 bits per heavy atom. The van der Waals surface area contributed by atoms with Crippen molar-refractivity contribution in [1.82, 2.24) is 14.5 Å². The zero-order chi connectivity index (χ0) is 22.4. The van der Waals surface area contributed by atoms with Crippen molar-refractivity contribution >= 4 is 22.7 Å². The van der Waals surface area contributed by atoms with Crippen LogP contribution in [-0.2, 0) is 16.2 Å². The number of benzene rings is 2. The summed E-state index contributed by atoms with van der Waals surface area (Å²) in [5.41, 5.74) is 1.81. The van der Waals surface area contributed by atoms with Crippen molar-refractivity contribution in [3.05, 3.63) is 59.9 Å². The van der Waals surface area contributed by atoms with Gasteiger partial charge in [0, 0.05) is 13.6 Å². The van der Waals surface area contributed by atoms with E-state index in [4.69, 9.17) is 9.57 Å². The molecule has 0 saturated carbocycles. The van der Waals surface area contributed by atoms with Gasteiger partial charge in [-0.05, 0) is 43.7 Å². The lowest BCUT2D eigenvalue weighted by Gasteiger charge is -2.17. The number of hydrogen-bond donors (Lipinski definition) is 0. The molecule has 3 rings (SSSR count). The lowest BCUT2D eigenvalue weighted by Crippen LogP contribution is -2.29. The topological polar surface area (TPSA) is 68.9 Å². The summed E-state index contributed by atoms with van der Waals surface area (Å²) in [5.74, 6) is 0.461. The molecule has 0 radical (unpaired) electrons. The van der Waals surface area contributed by atoms with E-state index in [0.29, 0.717) is 24.2 Å². The van der Waals surface area contributed by atoms with Gasteiger partial charge in [0.15, 0.2) is 12.4 Å². The average molecular weight is 430 g/mol. The highest BCUT2D eigenvalue weighted by molar-refractivity contribution is 5.98. The van der Waals surface area contributed by atoms with E-state index in [0.717, 1.165) is 15.9 Å². The van der Waals surface area contributed by atoms with E-state index in [-0.39, 0.29) is 24.1 Å². The summed E-state index contributed by atoms with van der Waals surface area (Å²) in [6.45, 7) is 1.29. The smallest absolute Gasteiger partial charge is 0.320 e. The number of imidazole rings is 1. The van der Waals surface area contributed by atoms with Crippen molar-refractivity contribution in [2.24, 2.45) is 5.16 Å². The first kappa shape index (κ1) is 22.2. The molecule has 0 aliphatic rings. The first-order valence-electron chi connectivity index (χ1n) is 9.78. The van der Waals surface area contributed by atoms with Gasteiger partial charge >= 0.3 is 6.55 Å². The molecule has 0 bridgehead atoms. The molecular formula is C22H24F2N4O3. The number of aromatic nitrogens is 2. The lowest BCUT2D eigenvalue weighted by molar-refractivity contribution is -0.135. The molecule has 7 nitrogen and oxygen atoms in total. The second kappa shape index (κ2) is 10.0. The quantitative estimate of drug-likeness (QED) is 0.376. The summed E-state index contributed by atoms with van der Waals surface area (Å²) in [6, 6.07) is 14.0. The van der Waals surface area contributed by atoms with Gasteiger partial charge in [0.25, 0.3) is 5.91 Å². The molecule has 1 aromatic heterocycles. The van der Waals surface area contributed by atoms with E-state index < -0.39 is 6.55 Å². The van der Waals surface area contributed by atoms with Crippen molar-refractivity contribution in [3.8, 4) is 5.75 Å². The summed E-state index contributed by atoms with van der Waals surface area (Å²) in [4.78, 5) is 23.2. The minimum atomic E-state index is -2.78. The molecule has 0 fully saturated rings. The molecule has 9 heteroatoms. The predicted molar refractivity (Wildman–Crippen MR) is 113 cm³/mol. The van der Waals surface area contributed by atoms with E-state index in [2.05, 4.69) is 10.1 Å². The van der Waals surface area contributed by atoms with Crippen LogP contribution in [0.2, 0.25) is 0 Å². The van der Waals surface area contributed by atoms with Crippen LogP contribution >= 0.6 is 0 Å². The van der Waals surface area contributed by atoms with Gasteiger partial charge in [0.2, 0.25) is 0 Å². The molecule has 0 spiro atoms. The number of para-hydroxylation sites is 2. The molecule has 2 aromatic carbocycles. The van der Waals surface area contributed by atoms with Crippen LogP contribution in [0.15, 0.2) is 53.7 Å². The monoisotopic (exact) mass is 430 g/mol. The highest BCUT2D eigenvalue weighted by atomic mass is 19.3. The van der Waals surface area contributed by atoms with E-state index in [1.807, 2.05) is 31.2 Å². The highest BCUT2D eigenvalue weighted by Crippen LogP contribution is 2.23. The minimum absolute atomic E-state index is 0.00797. The number of carbonyl (C=O) groups excluding carboxylic acids is 1. The molecule has 0 atom stereocenters. The minimum Gasteiger partial charge on any atom is -0.494 e. The summed E-state index contributed by atoms with van der Waals surface area (Å²) in [5, 5.41) is 3.83. The van der Waals surface area contributed by atoms with Crippen molar-refractivity contribution in [3.63, 3.8) is 0 Å². The Hall–Kier alpha value is -3.49.